The summed E-state index contributed by atoms with van der Waals surface area (Å²) in [5.41, 5.74) is 0.303. The smallest absolute Gasteiger partial charge is 0.417 e. The van der Waals surface area contributed by atoms with Crippen LogP contribution in [-0.2, 0) is 16.1 Å². The first kappa shape index (κ1) is 22.2. The fourth-order valence-corrected chi connectivity index (χ4v) is 2.71. The Morgan fingerprint density at radius 2 is 1.50 bits per heavy atom. The highest BCUT2D eigenvalue weighted by atomic mass is 16.6. The maximum atomic E-state index is 12.6. The van der Waals surface area contributed by atoms with Crippen molar-refractivity contribution in [3.05, 3.63) is 35.9 Å². The highest BCUT2D eigenvalue weighted by molar-refractivity contribution is 5.92. The Balaban J connectivity index is 2.57. The number of hydrogen-bond acceptors (Lipinski definition) is 3. The molecule has 0 saturated carbocycles. The molecule has 1 aromatic rings. The Labute approximate surface area is 158 Å². The van der Waals surface area contributed by atoms with Gasteiger partial charge < -0.3 is 4.74 Å². The number of unbranched alkanes of at least 4 members (excludes halogenated alkanes) is 6. The van der Waals surface area contributed by atoms with Gasteiger partial charge in [-0.25, -0.2) is 9.69 Å². The third-order valence-corrected chi connectivity index (χ3v) is 4.09. The fraction of sp³-hybridized carbons (Fsp3) is 0.636. The van der Waals surface area contributed by atoms with Crippen molar-refractivity contribution in [2.75, 3.05) is 0 Å². The van der Waals surface area contributed by atoms with Gasteiger partial charge in [-0.3, -0.25) is 4.79 Å². The maximum absolute atomic E-state index is 12.6. The number of benzene rings is 1. The number of imide groups is 1. The third kappa shape index (κ3) is 9.59. The minimum absolute atomic E-state index is 0.156. The molecule has 0 bridgehead atoms. The van der Waals surface area contributed by atoms with Crippen molar-refractivity contribution < 1.29 is 14.3 Å². The minimum atomic E-state index is -0.619. The van der Waals surface area contributed by atoms with Gasteiger partial charge in [0.15, 0.2) is 0 Å². The number of rotatable bonds is 10. The van der Waals surface area contributed by atoms with Crippen LogP contribution in [0.4, 0.5) is 4.79 Å². The normalized spacial score (nSPS) is 11.2. The molecule has 0 saturated heterocycles. The number of nitrogens with zero attached hydrogens (tertiary/aromatic N) is 1. The standard InChI is InChI=1S/C22H35NO3/c1-5-6-7-8-9-10-14-17-20(24)23(21(25)26-22(2,3)4)18-19-15-12-11-13-16-19/h11-13,15-16H,5-10,14,17-18H2,1-4H3. The lowest BCUT2D eigenvalue weighted by atomic mass is 10.1. The molecule has 1 aromatic carbocycles. The molecule has 0 unspecified atom stereocenters. The van der Waals surface area contributed by atoms with Crippen LogP contribution in [0.3, 0.4) is 0 Å². The molecule has 0 aliphatic carbocycles. The zero-order chi connectivity index (χ0) is 19.4. The van der Waals surface area contributed by atoms with Crippen molar-refractivity contribution in [3.8, 4) is 0 Å². The molecule has 0 aliphatic rings. The van der Waals surface area contributed by atoms with E-state index in [1.165, 1.54) is 30.6 Å². The van der Waals surface area contributed by atoms with Gasteiger partial charge in [-0.1, -0.05) is 75.8 Å². The van der Waals surface area contributed by atoms with Gasteiger partial charge in [-0.2, -0.15) is 0 Å². The van der Waals surface area contributed by atoms with Crippen LogP contribution in [0.2, 0.25) is 0 Å². The Hall–Kier alpha value is -1.84. The number of carbonyl (C=O) groups is 2. The monoisotopic (exact) mass is 361 g/mol. The number of hydrogen-bond donors (Lipinski definition) is 0. The van der Waals surface area contributed by atoms with Crippen LogP contribution in [0, 0.1) is 0 Å². The topological polar surface area (TPSA) is 46.6 Å². The predicted octanol–water partition coefficient (Wildman–Crippen LogP) is 6.09. The van der Waals surface area contributed by atoms with E-state index in [4.69, 9.17) is 4.74 Å². The molecule has 146 valence electrons. The summed E-state index contributed by atoms with van der Waals surface area (Å²) in [6, 6.07) is 9.56. The first-order valence-electron chi connectivity index (χ1n) is 9.90. The Morgan fingerprint density at radius 1 is 0.923 bits per heavy atom. The van der Waals surface area contributed by atoms with E-state index in [0.29, 0.717) is 6.42 Å². The number of amides is 2. The summed E-state index contributed by atoms with van der Waals surface area (Å²) in [7, 11) is 0. The van der Waals surface area contributed by atoms with E-state index in [9.17, 15) is 9.59 Å². The maximum Gasteiger partial charge on any atom is 0.417 e. The summed E-state index contributed by atoms with van der Waals surface area (Å²) in [6.07, 6.45) is 7.84. The second-order valence-electron chi connectivity index (χ2n) is 7.82. The molecule has 0 aromatic heterocycles. The van der Waals surface area contributed by atoms with E-state index in [0.717, 1.165) is 24.8 Å². The van der Waals surface area contributed by atoms with Crippen LogP contribution in [0.25, 0.3) is 0 Å². The van der Waals surface area contributed by atoms with Crippen LogP contribution in [0.15, 0.2) is 30.3 Å². The van der Waals surface area contributed by atoms with Gasteiger partial charge in [0.1, 0.15) is 5.60 Å². The van der Waals surface area contributed by atoms with Crippen LogP contribution >= 0.6 is 0 Å². The van der Waals surface area contributed by atoms with E-state index in [2.05, 4.69) is 6.92 Å². The average Bonchev–Trinajstić information content (AvgIpc) is 2.58. The Morgan fingerprint density at radius 3 is 2.08 bits per heavy atom. The molecule has 0 heterocycles. The largest absolute Gasteiger partial charge is 0.443 e. The molecule has 2 amide bonds. The summed E-state index contributed by atoms with van der Waals surface area (Å²) >= 11 is 0. The lowest BCUT2D eigenvalue weighted by Gasteiger charge is -2.26. The molecule has 1 rings (SSSR count). The molecule has 0 radical (unpaired) electrons. The molecule has 0 atom stereocenters. The van der Waals surface area contributed by atoms with Gasteiger partial charge >= 0.3 is 6.09 Å². The lowest BCUT2D eigenvalue weighted by Crippen LogP contribution is -2.40. The highest BCUT2D eigenvalue weighted by Crippen LogP contribution is 2.16. The van der Waals surface area contributed by atoms with Crippen molar-refractivity contribution in [3.63, 3.8) is 0 Å². The number of carbonyl (C=O) groups excluding carboxylic acids is 2. The van der Waals surface area contributed by atoms with Gasteiger partial charge in [0, 0.05) is 6.42 Å². The van der Waals surface area contributed by atoms with Crippen LogP contribution in [-0.4, -0.2) is 22.5 Å². The predicted molar refractivity (Wildman–Crippen MR) is 106 cm³/mol. The molecular formula is C22H35NO3. The van der Waals surface area contributed by atoms with Crippen LogP contribution < -0.4 is 0 Å². The van der Waals surface area contributed by atoms with Crippen molar-refractivity contribution in [2.24, 2.45) is 0 Å². The third-order valence-electron chi connectivity index (χ3n) is 4.09. The molecule has 0 spiro atoms. The average molecular weight is 362 g/mol. The van der Waals surface area contributed by atoms with Crippen molar-refractivity contribution in [2.45, 2.75) is 91.2 Å². The Bertz CT molecular complexity index is 534. The second kappa shape index (κ2) is 11.7. The summed E-state index contributed by atoms with van der Waals surface area (Å²) in [4.78, 5) is 26.4. The first-order valence-corrected chi connectivity index (χ1v) is 9.90. The van der Waals surface area contributed by atoms with Crippen molar-refractivity contribution in [1.82, 2.24) is 4.90 Å². The first-order chi connectivity index (χ1) is 12.3. The summed E-state index contributed by atoms with van der Waals surface area (Å²) in [5.74, 6) is -0.156. The molecule has 26 heavy (non-hydrogen) atoms. The lowest BCUT2D eigenvalue weighted by molar-refractivity contribution is -0.131. The van der Waals surface area contributed by atoms with Crippen LogP contribution in [0.1, 0.15) is 84.6 Å². The van der Waals surface area contributed by atoms with Gasteiger partial charge in [0.25, 0.3) is 0 Å². The quantitative estimate of drug-likeness (QED) is 0.474. The zero-order valence-electron chi connectivity index (χ0n) is 16.9. The SMILES string of the molecule is CCCCCCCCCC(=O)N(Cc1ccccc1)C(=O)OC(C)(C)C. The zero-order valence-corrected chi connectivity index (χ0v) is 16.9. The van der Waals surface area contributed by atoms with E-state index in [1.807, 2.05) is 51.1 Å². The minimum Gasteiger partial charge on any atom is -0.443 e. The van der Waals surface area contributed by atoms with E-state index >= 15 is 0 Å². The second-order valence-corrected chi connectivity index (χ2v) is 7.82. The Kier molecular flexibility index (Phi) is 10.0. The number of ether oxygens (including phenoxy) is 1. The van der Waals surface area contributed by atoms with E-state index in [1.54, 1.807) is 0 Å². The van der Waals surface area contributed by atoms with E-state index < -0.39 is 11.7 Å². The molecule has 4 nitrogen and oxygen atoms in total. The van der Waals surface area contributed by atoms with Crippen molar-refractivity contribution in [1.29, 1.82) is 0 Å². The molecule has 0 fully saturated rings. The molecular weight excluding hydrogens is 326 g/mol. The summed E-state index contributed by atoms with van der Waals surface area (Å²) in [6.45, 7) is 7.90. The summed E-state index contributed by atoms with van der Waals surface area (Å²) < 4.78 is 5.43. The fourth-order valence-electron chi connectivity index (χ4n) is 2.71. The summed E-state index contributed by atoms with van der Waals surface area (Å²) in [5, 5.41) is 0. The highest BCUT2D eigenvalue weighted by Gasteiger charge is 2.26. The van der Waals surface area contributed by atoms with Gasteiger partial charge in [0.2, 0.25) is 5.91 Å². The van der Waals surface area contributed by atoms with Gasteiger partial charge in [-0.05, 0) is 32.8 Å². The van der Waals surface area contributed by atoms with Crippen molar-refractivity contribution >= 4 is 12.0 Å². The van der Waals surface area contributed by atoms with Gasteiger partial charge in [0.05, 0.1) is 6.54 Å². The molecule has 4 heteroatoms. The van der Waals surface area contributed by atoms with Crippen LogP contribution in [0.5, 0.6) is 0 Å². The van der Waals surface area contributed by atoms with Gasteiger partial charge in [-0.15, -0.1) is 0 Å². The molecule has 0 N–H and O–H groups in total. The molecule has 0 aliphatic heterocycles. The van der Waals surface area contributed by atoms with E-state index in [-0.39, 0.29) is 12.5 Å².